The molecule has 5 rings (SSSR count). The van der Waals surface area contributed by atoms with E-state index in [0.717, 1.165) is 54.4 Å². The summed E-state index contributed by atoms with van der Waals surface area (Å²) < 4.78 is 19.7. The molecule has 2 aromatic carbocycles. The number of piperidine rings is 1. The SMILES string of the molecule is Fc1c[nH]c2cc(Nc3cnnc(N4CCC(Oc5ccccc5)CC4)c3)ccc12. The highest BCUT2D eigenvalue weighted by molar-refractivity contribution is 5.84. The molecule has 1 saturated heterocycles. The quantitative estimate of drug-likeness (QED) is 0.497. The number of ether oxygens (including phenoxy) is 1. The first kappa shape index (κ1) is 18.4. The van der Waals surface area contributed by atoms with Gasteiger partial charge in [0.15, 0.2) is 5.82 Å². The molecular formula is C23H22FN5O. The van der Waals surface area contributed by atoms with E-state index in [2.05, 4.69) is 25.4 Å². The average Bonchev–Trinajstić information content (AvgIpc) is 3.15. The van der Waals surface area contributed by atoms with Crippen LogP contribution in [-0.4, -0.2) is 34.4 Å². The number of hydrogen-bond donors (Lipinski definition) is 2. The number of anilines is 3. The molecule has 0 unspecified atom stereocenters. The van der Waals surface area contributed by atoms with Gasteiger partial charge in [-0.15, -0.1) is 5.10 Å². The van der Waals surface area contributed by atoms with E-state index in [1.165, 1.54) is 6.20 Å². The van der Waals surface area contributed by atoms with Crippen LogP contribution in [0, 0.1) is 5.82 Å². The van der Waals surface area contributed by atoms with Gasteiger partial charge in [-0.3, -0.25) is 0 Å². The van der Waals surface area contributed by atoms with Crippen LogP contribution >= 0.6 is 0 Å². The molecule has 1 fully saturated rings. The number of benzene rings is 2. The molecule has 4 aromatic rings. The summed E-state index contributed by atoms with van der Waals surface area (Å²) >= 11 is 0. The number of aromatic nitrogens is 3. The smallest absolute Gasteiger partial charge is 0.153 e. The van der Waals surface area contributed by atoms with E-state index in [1.54, 1.807) is 12.3 Å². The maximum absolute atomic E-state index is 13.6. The van der Waals surface area contributed by atoms with Gasteiger partial charge in [-0.1, -0.05) is 18.2 Å². The fourth-order valence-electron chi connectivity index (χ4n) is 3.81. The van der Waals surface area contributed by atoms with Crippen LogP contribution in [-0.2, 0) is 0 Å². The fraction of sp³-hybridized carbons (Fsp3) is 0.217. The molecule has 1 aliphatic heterocycles. The standard InChI is InChI=1S/C23H22FN5O/c24-21-15-25-22-12-16(6-7-20(21)22)27-17-13-23(28-26-14-17)29-10-8-19(9-11-29)30-18-4-2-1-3-5-18/h1-7,12-15,19,25H,8-11H2,(H,27,28). The monoisotopic (exact) mass is 403 g/mol. The Labute approximate surface area is 173 Å². The van der Waals surface area contributed by atoms with E-state index in [1.807, 2.05) is 48.5 Å². The summed E-state index contributed by atoms with van der Waals surface area (Å²) in [5.74, 6) is 1.51. The van der Waals surface area contributed by atoms with Gasteiger partial charge in [-0.25, -0.2) is 4.39 Å². The molecule has 6 nitrogen and oxygen atoms in total. The minimum atomic E-state index is -0.246. The van der Waals surface area contributed by atoms with Crippen molar-refractivity contribution in [2.24, 2.45) is 0 Å². The molecule has 1 aliphatic rings. The summed E-state index contributed by atoms with van der Waals surface area (Å²) in [7, 11) is 0. The van der Waals surface area contributed by atoms with E-state index in [-0.39, 0.29) is 11.9 Å². The lowest BCUT2D eigenvalue weighted by Crippen LogP contribution is -2.38. The van der Waals surface area contributed by atoms with Crippen LogP contribution in [0.15, 0.2) is 67.0 Å². The third kappa shape index (κ3) is 3.91. The summed E-state index contributed by atoms with van der Waals surface area (Å²) in [5.41, 5.74) is 2.45. The van der Waals surface area contributed by atoms with Crippen molar-refractivity contribution in [1.29, 1.82) is 0 Å². The summed E-state index contributed by atoms with van der Waals surface area (Å²) in [6.45, 7) is 1.73. The molecular weight excluding hydrogens is 381 g/mol. The number of rotatable bonds is 5. The van der Waals surface area contributed by atoms with E-state index in [0.29, 0.717) is 5.39 Å². The van der Waals surface area contributed by atoms with Gasteiger partial charge < -0.3 is 19.9 Å². The summed E-state index contributed by atoms with van der Waals surface area (Å²) in [5, 5.41) is 12.4. The second-order valence-electron chi connectivity index (χ2n) is 7.44. The van der Waals surface area contributed by atoms with Gasteiger partial charge in [-0.2, -0.15) is 5.10 Å². The Bertz CT molecular complexity index is 1140. The van der Waals surface area contributed by atoms with Gasteiger partial charge in [0, 0.05) is 49.3 Å². The molecule has 0 saturated carbocycles. The third-order valence-corrected chi connectivity index (χ3v) is 5.37. The van der Waals surface area contributed by atoms with Crippen molar-refractivity contribution in [2.45, 2.75) is 18.9 Å². The van der Waals surface area contributed by atoms with Gasteiger partial charge in [0.05, 0.1) is 17.4 Å². The molecule has 3 heterocycles. The van der Waals surface area contributed by atoms with Crippen LogP contribution in [0.5, 0.6) is 5.75 Å². The number of aromatic amines is 1. The Hall–Kier alpha value is -3.61. The summed E-state index contributed by atoms with van der Waals surface area (Å²) in [6.07, 6.45) is 5.14. The van der Waals surface area contributed by atoms with Gasteiger partial charge >= 0.3 is 0 Å². The zero-order valence-electron chi connectivity index (χ0n) is 16.4. The number of fused-ring (bicyclic) bond motifs is 1. The molecule has 2 N–H and O–H groups in total. The zero-order chi connectivity index (χ0) is 20.3. The van der Waals surface area contributed by atoms with Crippen molar-refractivity contribution < 1.29 is 9.13 Å². The van der Waals surface area contributed by atoms with Crippen molar-refractivity contribution in [3.63, 3.8) is 0 Å². The molecule has 0 spiro atoms. The second kappa shape index (κ2) is 8.02. The minimum Gasteiger partial charge on any atom is -0.490 e. The van der Waals surface area contributed by atoms with Gasteiger partial charge in [0.1, 0.15) is 17.7 Å². The molecule has 0 radical (unpaired) electrons. The molecule has 30 heavy (non-hydrogen) atoms. The largest absolute Gasteiger partial charge is 0.490 e. The number of nitrogens with one attached hydrogen (secondary N) is 2. The maximum Gasteiger partial charge on any atom is 0.153 e. The fourth-order valence-corrected chi connectivity index (χ4v) is 3.81. The molecule has 0 atom stereocenters. The Kier molecular flexibility index (Phi) is 4.93. The lowest BCUT2D eigenvalue weighted by Gasteiger charge is -2.32. The lowest BCUT2D eigenvalue weighted by atomic mass is 10.1. The summed E-state index contributed by atoms with van der Waals surface area (Å²) in [4.78, 5) is 5.16. The number of nitrogens with zero attached hydrogens (tertiary/aromatic N) is 3. The molecule has 152 valence electrons. The van der Waals surface area contributed by atoms with Crippen LogP contribution < -0.4 is 15.0 Å². The van der Waals surface area contributed by atoms with Crippen LogP contribution in [0.3, 0.4) is 0 Å². The Morgan fingerprint density at radius 2 is 1.87 bits per heavy atom. The number of H-pyrrole nitrogens is 1. The first-order valence-corrected chi connectivity index (χ1v) is 10.1. The van der Waals surface area contributed by atoms with Crippen LogP contribution in [0.1, 0.15) is 12.8 Å². The normalized spacial score (nSPS) is 14.8. The van der Waals surface area contributed by atoms with Gasteiger partial charge in [0.2, 0.25) is 0 Å². The lowest BCUT2D eigenvalue weighted by molar-refractivity contribution is 0.170. The van der Waals surface area contributed by atoms with E-state index < -0.39 is 0 Å². The predicted octanol–water partition coefficient (Wildman–Crippen LogP) is 4.89. The number of para-hydroxylation sites is 1. The van der Waals surface area contributed by atoms with Gasteiger partial charge in [0.25, 0.3) is 0 Å². The highest BCUT2D eigenvalue weighted by Crippen LogP contribution is 2.26. The minimum absolute atomic E-state index is 0.214. The van der Waals surface area contributed by atoms with Crippen molar-refractivity contribution >= 4 is 28.1 Å². The topological polar surface area (TPSA) is 66.1 Å². The predicted molar refractivity (Wildman–Crippen MR) is 116 cm³/mol. The zero-order valence-corrected chi connectivity index (χ0v) is 16.4. The molecule has 0 amide bonds. The molecule has 0 aliphatic carbocycles. The third-order valence-electron chi connectivity index (χ3n) is 5.37. The highest BCUT2D eigenvalue weighted by Gasteiger charge is 2.22. The van der Waals surface area contributed by atoms with Crippen molar-refractivity contribution in [3.05, 3.63) is 72.8 Å². The molecule has 7 heteroatoms. The summed E-state index contributed by atoms with van der Waals surface area (Å²) in [6, 6.07) is 17.4. The Morgan fingerprint density at radius 1 is 1.03 bits per heavy atom. The molecule has 2 aromatic heterocycles. The highest BCUT2D eigenvalue weighted by atomic mass is 19.1. The van der Waals surface area contributed by atoms with Crippen molar-refractivity contribution in [2.75, 3.05) is 23.3 Å². The van der Waals surface area contributed by atoms with E-state index >= 15 is 0 Å². The Morgan fingerprint density at radius 3 is 2.70 bits per heavy atom. The average molecular weight is 403 g/mol. The van der Waals surface area contributed by atoms with Crippen LogP contribution in [0.25, 0.3) is 10.9 Å². The first-order chi connectivity index (χ1) is 14.7. The Balaban J connectivity index is 1.23. The number of hydrogen-bond acceptors (Lipinski definition) is 5. The van der Waals surface area contributed by atoms with E-state index in [4.69, 9.17) is 4.74 Å². The van der Waals surface area contributed by atoms with Gasteiger partial charge in [-0.05, 0) is 30.3 Å². The van der Waals surface area contributed by atoms with Crippen molar-refractivity contribution in [3.8, 4) is 5.75 Å². The first-order valence-electron chi connectivity index (χ1n) is 10.1. The van der Waals surface area contributed by atoms with Crippen LogP contribution in [0.2, 0.25) is 0 Å². The van der Waals surface area contributed by atoms with Crippen molar-refractivity contribution in [1.82, 2.24) is 15.2 Å². The number of halogens is 1. The maximum atomic E-state index is 13.6. The van der Waals surface area contributed by atoms with Crippen LogP contribution in [0.4, 0.5) is 21.6 Å². The molecule has 0 bridgehead atoms. The second-order valence-corrected chi connectivity index (χ2v) is 7.44. The van der Waals surface area contributed by atoms with E-state index in [9.17, 15) is 4.39 Å².